The SMILES string of the molecule is CO/N=C1\C=C2[C@@H](C)C[C@@H]3[C@H](CC[C@@]4(C)[C@H]3CC[C@]4(OC(C)=O)/C(CO[Si](C)(C)C)=N\OC)[C@@]2(C)CC1. The lowest BCUT2D eigenvalue weighted by Gasteiger charge is -2.60. The molecule has 0 aromatic carbocycles. The second-order valence-corrected chi connectivity index (χ2v) is 17.8. The monoisotopic (exact) mass is 532 g/mol. The third-order valence-corrected chi connectivity index (χ3v) is 11.3. The zero-order chi connectivity index (χ0) is 27.2. The number of fused-ring (bicyclic) bond motifs is 5. The van der Waals surface area contributed by atoms with Crippen molar-refractivity contribution < 1.29 is 23.6 Å². The maximum absolute atomic E-state index is 12.6. The van der Waals surface area contributed by atoms with Crippen molar-refractivity contribution in [3.63, 3.8) is 0 Å². The molecule has 0 unspecified atom stereocenters. The van der Waals surface area contributed by atoms with Crippen molar-refractivity contribution in [1.82, 2.24) is 0 Å². The van der Waals surface area contributed by atoms with E-state index in [0.717, 1.165) is 56.4 Å². The van der Waals surface area contributed by atoms with Gasteiger partial charge in [-0.05, 0) is 99.7 Å². The van der Waals surface area contributed by atoms with E-state index in [1.54, 1.807) is 19.8 Å². The summed E-state index contributed by atoms with van der Waals surface area (Å²) in [5.41, 5.74) is 2.52. The molecule has 0 N–H and O–H groups in total. The molecule has 0 saturated heterocycles. The van der Waals surface area contributed by atoms with Gasteiger partial charge in [-0.2, -0.15) is 0 Å². The van der Waals surface area contributed by atoms with Crippen LogP contribution in [0.15, 0.2) is 22.0 Å². The molecule has 0 aromatic heterocycles. The molecule has 208 valence electrons. The third kappa shape index (κ3) is 4.81. The van der Waals surface area contributed by atoms with Crippen molar-refractivity contribution in [2.75, 3.05) is 20.8 Å². The van der Waals surface area contributed by atoms with Crippen molar-refractivity contribution in [1.29, 1.82) is 0 Å². The summed E-state index contributed by atoms with van der Waals surface area (Å²) in [6.07, 6.45) is 9.48. The molecule has 0 amide bonds. The van der Waals surface area contributed by atoms with E-state index in [1.165, 1.54) is 6.92 Å². The van der Waals surface area contributed by atoms with E-state index >= 15 is 0 Å². The highest BCUT2D eigenvalue weighted by molar-refractivity contribution is 6.69. The van der Waals surface area contributed by atoms with E-state index < -0.39 is 13.9 Å². The quantitative estimate of drug-likeness (QED) is 0.165. The Labute approximate surface area is 224 Å². The number of hydrogen-bond acceptors (Lipinski definition) is 7. The molecule has 0 bridgehead atoms. The van der Waals surface area contributed by atoms with Crippen molar-refractivity contribution in [3.05, 3.63) is 11.6 Å². The minimum absolute atomic E-state index is 0.174. The molecule has 8 heteroatoms. The van der Waals surface area contributed by atoms with Gasteiger partial charge in [-0.3, -0.25) is 4.79 Å². The van der Waals surface area contributed by atoms with Crippen LogP contribution in [0.1, 0.15) is 72.6 Å². The van der Waals surface area contributed by atoms with Crippen LogP contribution in [-0.4, -0.2) is 52.1 Å². The zero-order valence-corrected chi connectivity index (χ0v) is 25.5. The second-order valence-electron chi connectivity index (χ2n) is 13.3. The van der Waals surface area contributed by atoms with E-state index in [9.17, 15) is 4.79 Å². The Morgan fingerprint density at radius 2 is 1.78 bits per heavy atom. The van der Waals surface area contributed by atoms with Gasteiger partial charge in [0.15, 0.2) is 13.9 Å². The van der Waals surface area contributed by atoms with Gasteiger partial charge >= 0.3 is 5.97 Å². The summed E-state index contributed by atoms with van der Waals surface area (Å²) < 4.78 is 12.7. The fraction of sp³-hybridized carbons (Fsp3) is 0.828. The molecule has 0 aromatic rings. The summed E-state index contributed by atoms with van der Waals surface area (Å²) in [6, 6.07) is 0. The maximum atomic E-state index is 12.6. The summed E-state index contributed by atoms with van der Waals surface area (Å²) in [4.78, 5) is 23.1. The highest BCUT2D eigenvalue weighted by atomic mass is 28.4. The summed E-state index contributed by atoms with van der Waals surface area (Å²) in [7, 11) is 1.38. The Hall–Kier alpha value is -1.67. The summed E-state index contributed by atoms with van der Waals surface area (Å²) in [6.45, 7) is 15.6. The van der Waals surface area contributed by atoms with Gasteiger partial charge in [0.25, 0.3) is 0 Å². The topological polar surface area (TPSA) is 78.7 Å². The highest BCUT2D eigenvalue weighted by Crippen LogP contribution is 2.69. The van der Waals surface area contributed by atoms with Gasteiger partial charge in [0.05, 0.1) is 12.3 Å². The summed E-state index contributed by atoms with van der Waals surface area (Å²) in [5.74, 6) is 1.88. The molecular weight excluding hydrogens is 484 g/mol. The standard InChI is InChI=1S/C29H48N2O5Si/c1-19-16-22-23(27(3)13-10-21(30-33-5)17-25(19)27)11-14-28(4)24(22)12-15-29(28,36-20(2)32)26(31-34-6)18-35-37(7,8)9/h17,19,22-24H,10-16,18H2,1-9H3/b30-21-,31-26-/t19-,22+,23-,24-,27+,28-,29-/m0/s1. The van der Waals surface area contributed by atoms with Crippen molar-refractivity contribution in [2.24, 2.45) is 44.8 Å². The smallest absolute Gasteiger partial charge is 0.303 e. The number of hydrogen-bond donors (Lipinski definition) is 0. The van der Waals surface area contributed by atoms with Crippen LogP contribution < -0.4 is 0 Å². The van der Waals surface area contributed by atoms with Crippen LogP contribution in [-0.2, 0) is 23.6 Å². The normalized spacial score (nSPS) is 40.8. The molecule has 7 atom stereocenters. The number of carbonyl (C=O) groups is 1. The van der Waals surface area contributed by atoms with Crippen molar-refractivity contribution >= 4 is 25.7 Å². The van der Waals surface area contributed by atoms with E-state index in [2.05, 4.69) is 56.8 Å². The number of esters is 1. The number of nitrogens with zero attached hydrogens (tertiary/aromatic N) is 2. The molecule has 0 spiro atoms. The largest absolute Gasteiger partial charge is 0.452 e. The fourth-order valence-corrected chi connectivity index (χ4v) is 9.31. The van der Waals surface area contributed by atoms with Gasteiger partial charge in [0.2, 0.25) is 0 Å². The maximum Gasteiger partial charge on any atom is 0.303 e. The number of rotatable bonds is 7. The lowest BCUT2D eigenvalue weighted by atomic mass is 9.44. The third-order valence-electron chi connectivity index (χ3n) is 10.2. The zero-order valence-electron chi connectivity index (χ0n) is 24.5. The average Bonchev–Trinajstić information content (AvgIpc) is 3.09. The summed E-state index contributed by atoms with van der Waals surface area (Å²) >= 11 is 0. The average molecular weight is 533 g/mol. The number of ether oxygens (including phenoxy) is 1. The molecule has 4 aliphatic carbocycles. The van der Waals surface area contributed by atoms with E-state index in [0.29, 0.717) is 30.3 Å². The van der Waals surface area contributed by atoms with Crippen LogP contribution in [0.25, 0.3) is 0 Å². The minimum Gasteiger partial charge on any atom is -0.452 e. The van der Waals surface area contributed by atoms with Crippen LogP contribution in [0.5, 0.6) is 0 Å². The Balaban J connectivity index is 1.72. The van der Waals surface area contributed by atoms with Gasteiger partial charge in [-0.25, -0.2) is 0 Å². The van der Waals surface area contributed by atoms with Gasteiger partial charge < -0.3 is 18.8 Å². The lowest BCUT2D eigenvalue weighted by molar-refractivity contribution is -0.168. The van der Waals surface area contributed by atoms with E-state index in [-0.39, 0.29) is 16.8 Å². The second kappa shape index (κ2) is 10.1. The predicted molar refractivity (Wildman–Crippen MR) is 149 cm³/mol. The predicted octanol–water partition coefficient (Wildman–Crippen LogP) is 6.35. The van der Waals surface area contributed by atoms with Crippen LogP contribution in [0.3, 0.4) is 0 Å². The first-order chi connectivity index (χ1) is 17.3. The molecule has 0 heterocycles. The molecular formula is C29H48N2O5Si. The first kappa shape index (κ1) is 28.3. The van der Waals surface area contributed by atoms with Crippen molar-refractivity contribution in [2.45, 2.75) is 97.9 Å². The van der Waals surface area contributed by atoms with Crippen molar-refractivity contribution in [3.8, 4) is 0 Å². The molecule has 4 aliphatic rings. The first-order valence-corrected chi connectivity index (χ1v) is 17.5. The Bertz CT molecular complexity index is 987. The molecule has 37 heavy (non-hydrogen) atoms. The molecule has 3 saturated carbocycles. The molecule has 4 rings (SSSR count). The van der Waals surface area contributed by atoms with Crippen LogP contribution in [0.2, 0.25) is 19.6 Å². The minimum atomic E-state index is -1.82. The number of allylic oxidation sites excluding steroid dienone is 2. The lowest BCUT2D eigenvalue weighted by Crippen LogP contribution is -2.60. The highest BCUT2D eigenvalue weighted by Gasteiger charge is 2.68. The van der Waals surface area contributed by atoms with Gasteiger partial charge in [0.1, 0.15) is 19.9 Å². The number of carbonyl (C=O) groups excluding carboxylic acids is 1. The fourth-order valence-electron chi connectivity index (χ4n) is 8.74. The van der Waals surface area contributed by atoms with Gasteiger partial charge in [-0.1, -0.05) is 36.7 Å². The molecule has 0 radical (unpaired) electrons. The first-order valence-electron chi connectivity index (χ1n) is 14.1. The molecule has 0 aliphatic heterocycles. The van der Waals surface area contributed by atoms with Gasteiger partial charge in [0, 0.05) is 12.3 Å². The number of oxime groups is 2. The summed E-state index contributed by atoms with van der Waals surface area (Å²) in [5, 5.41) is 8.78. The van der Waals surface area contributed by atoms with Crippen LogP contribution in [0, 0.1) is 34.5 Å². The van der Waals surface area contributed by atoms with Crippen LogP contribution in [0.4, 0.5) is 0 Å². The Kier molecular flexibility index (Phi) is 7.76. The molecule has 3 fully saturated rings. The van der Waals surface area contributed by atoms with Gasteiger partial charge in [-0.15, -0.1) is 0 Å². The Morgan fingerprint density at radius 3 is 2.41 bits per heavy atom. The Morgan fingerprint density at radius 1 is 1.08 bits per heavy atom. The van der Waals surface area contributed by atoms with E-state index in [1.807, 2.05) is 0 Å². The van der Waals surface area contributed by atoms with E-state index in [4.69, 9.17) is 18.8 Å². The molecule has 7 nitrogen and oxygen atoms in total. The van der Waals surface area contributed by atoms with Crippen LogP contribution >= 0.6 is 0 Å².